The first-order chi connectivity index (χ1) is 12.3. The van der Waals surface area contributed by atoms with E-state index in [1.807, 2.05) is 11.6 Å². The van der Waals surface area contributed by atoms with Crippen LogP contribution in [-0.4, -0.2) is 49.1 Å². The lowest BCUT2D eigenvalue weighted by molar-refractivity contribution is -0.119. The van der Waals surface area contributed by atoms with Gasteiger partial charge >= 0.3 is 5.69 Å². The number of fused-ring (bicyclic) bond motifs is 1. The van der Waals surface area contributed by atoms with Crippen LogP contribution in [0.3, 0.4) is 0 Å². The van der Waals surface area contributed by atoms with E-state index in [9.17, 15) is 13.6 Å². The number of anilines is 1. The normalized spacial score (nSPS) is 25.3. The first-order valence-corrected chi connectivity index (χ1v) is 8.43. The molecule has 2 aliphatic rings. The van der Waals surface area contributed by atoms with Crippen LogP contribution in [0.25, 0.3) is 0 Å². The van der Waals surface area contributed by atoms with Gasteiger partial charge in [0.25, 0.3) is 5.92 Å². The van der Waals surface area contributed by atoms with Gasteiger partial charge in [-0.05, 0) is 6.07 Å². The second-order valence-electron chi connectivity index (χ2n) is 6.85. The number of aryl methyl sites for hydroxylation is 1. The minimum Gasteiger partial charge on any atom is -0.383 e. The molecule has 0 aromatic carbocycles. The predicted molar refractivity (Wildman–Crippen MR) is 88.6 cm³/mol. The molecule has 2 atom stereocenters. The Balaban J connectivity index is 1.47. The van der Waals surface area contributed by atoms with Crippen molar-refractivity contribution in [3.05, 3.63) is 40.5 Å². The second kappa shape index (κ2) is 6.13. The molecule has 2 aromatic heterocycles. The van der Waals surface area contributed by atoms with Crippen LogP contribution in [0.15, 0.2) is 23.4 Å². The molecule has 0 spiro atoms. The van der Waals surface area contributed by atoms with E-state index in [2.05, 4.69) is 14.9 Å². The van der Waals surface area contributed by atoms with E-state index < -0.39 is 30.4 Å². The molecule has 0 aliphatic carbocycles. The summed E-state index contributed by atoms with van der Waals surface area (Å²) in [5, 5.41) is 0. The zero-order valence-electron chi connectivity index (χ0n) is 14.3. The van der Waals surface area contributed by atoms with Gasteiger partial charge in [-0.1, -0.05) is 0 Å². The van der Waals surface area contributed by atoms with Crippen LogP contribution in [-0.2, 0) is 24.8 Å². The van der Waals surface area contributed by atoms with Crippen LogP contribution in [0.2, 0.25) is 0 Å². The number of aromatic nitrogens is 4. The Hall–Kier alpha value is -2.33. The Morgan fingerprint density at radius 2 is 2.27 bits per heavy atom. The molecule has 1 saturated heterocycles. The molecule has 0 saturated carbocycles. The summed E-state index contributed by atoms with van der Waals surface area (Å²) in [6, 6.07) is 1.31. The zero-order valence-corrected chi connectivity index (χ0v) is 14.3. The summed E-state index contributed by atoms with van der Waals surface area (Å²) < 4.78 is 37.2. The molecular weight excluding hydrogens is 346 g/mol. The molecule has 8 nitrogen and oxygen atoms in total. The molecule has 1 fully saturated rings. The van der Waals surface area contributed by atoms with Crippen molar-refractivity contribution in [1.82, 2.24) is 24.0 Å². The van der Waals surface area contributed by atoms with Crippen LogP contribution in [0.1, 0.15) is 24.0 Å². The Bertz CT molecular complexity index is 880. The third-order valence-corrected chi connectivity index (χ3v) is 4.93. The monoisotopic (exact) mass is 366 g/mol. The van der Waals surface area contributed by atoms with Crippen molar-refractivity contribution in [2.45, 2.75) is 37.6 Å². The number of ether oxygens (including phenoxy) is 1. The fourth-order valence-corrected chi connectivity index (χ4v) is 3.67. The van der Waals surface area contributed by atoms with Crippen LogP contribution in [0.4, 0.5) is 14.6 Å². The molecule has 10 heteroatoms. The fourth-order valence-electron chi connectivity index (χ4n) is 3.67. The van der Waals surface area contributed by atoms with Crippen LogP contribution < -0.4 is 11.4 Å². The molecule has 1 unspecified atom stereocenters. The summed E-state index contributed by atoms with van der Waals surface area (Å²) >= 11 is 0. The molecule has 0 radical (unpaired) electrons. The van der Waals surface area contributed by atoms with Crippen molar-refractivity contribution in [3.8, 4) is 0 Å². The molecule has 26 heavy (non-hydrogen) atoms. The standard InChI is InChI=1S/C16H20F2N6O2/c1-22-9-20-11-8-23(4-2-12(11)22)7-10-6-16(17,18)14(26-10)24-5-3-13(19)21-15(24)25/h3,5,9-10,14H,2,4,6-8H2,1H3,(H2,19,21,25)/t10?,14-/m1/s1. The van der Waals surface area contributed by atoms with Crippen LogP contribution in [0.5, 0.6) is 0 Å². The van der Waals surface area contributed by atoms with E-state index in [0.717, 1.165) is 23.2 Å². The summed E-state index contributed by atoms with van der Waals surface area (Å²) in [4.78, 5) is 21.8. The maximum absolute atomic E-state index is 14.4. The van der Waals surface area contributed by atoms with E-state index in [4.69, 9.17) is 10.5 Å². The third kappa shape index (κ3) is 2.99. The topological polar surface area (TPSA) is 91.2 Å². The lowest BCUT2D eigenvalue weighted by Gasteiger charge is -2.28. The number of hydrogen-bond donors (Lipinski definition) is 1. The molecule has 4 rings (SSSR count). The highest BCUT2D eigenvalue weighted by atomic mass is 19.3. The first kappa shape index (κ1) is 17.1. The summed E-state index contributed by atoms with van der Waals surface area (Å²) in [6.45, 7) is 1.72. The summed E-state index contributed by atoms with van der Waals surface area (Å²) in [5.74, 6) is -3.17. The number of alkyl halides is 2. The molecule has 140 valence electrons. The highest BCUT2D eigenvalue weighted by Gasteiger charge is 2.52. The lowest BCUT2D eigenvalue weighted by atomic mass is 10.1. The highest BCUT2D eigenvalue weighted by Crippen LogP contribution is 2.42. The van der Waals surface area contributed by atoms with Gasteiger partial charge < -0.3 is 15.0 Å². The third-order valence-electron chi connectivity index (χ3n) is 4.93. The number of halogens is 2. The zero-order chi connectivity index (χ0) is 18.5. The Morgan fingerprint density at radius 3 is 3.04 bits per heavy atom. The number of nitrogens with zero attached hydrogens (tertiary/aromatic N) is 5. The fraction of sp³-hybridized carbons (Fsp3) is 0.562. The van der Waals surface area contributed by atoms with Gasteiger partial charge in [-0.15, -0.1) is 0 Å². The van der Waals surface area contributed by atoms with Crippen LogP contribution in [0, 0.1) is 0 Å². The maximum atomic E-state index is 14.4. The van der Waals surface area contributed by atoms with Crippen molar-refractivity contribution in [3.63, 3.8) is 0 Å². The quantitative estimate of drug-likeness (QED) is 0.853. The largest absolute Gasteiger partial charge is 0.383 e. The summed E-state index contributed by atoms with van der Waals surface area (Å²) in [6.07, 6.45) is 1.00. The number of nitrogens with two attached hydrogens (primary N) is 1. The molecule has 2 N–H and O–H groups in total. The van der Waals surface area contributed by atoms with E-state index in [1.54, 1.807) is 6.33 Å². The van der Waals surface area contributed by atoms with Crippen LogP contribution >= 0.6 is 0 Å². The van der Waals surface area contributed by atoms with Gasteiger partial charge in [0.15, 0.2) is 0 Å². The minimum absolute atomic E-state index is 0.0106. The van der Waals surface area contributed by atoms with Crippen molar-refractivity contribution < 1.29 is 13.5 Å². The molecule has 0 amide bonds. The van der Waals surface area contributed by atoms with Gasteiger partial charge in [0, 0.05) is 51.4 Å². The van der Waals surface area contributed by atoms with Gasteiger partial charge in [-0.3, -0.25) is 9.47 Å². The smallest absolute Gasteiger partial charge is 0.351 e. The summed E-state index contributed by atoms with van der Waals surface area (Å²) in [5.41, 5.74) is 6.73. The minimum atomic E-state index is -3.15. The average molecular weight is 366 g/mol. The molecule has 2 aliphatic heterocycles. The molecule has 2 aromatic rings. The number of nitrogen functional groups attached to an aromatic ring is 1. The van der Waals surface area contributed by atoms with Crippen molar-refractivity contribution in [2.24, 2.45) is 7.05 Å². The van der Waals surface area contributed by atoms with Crippen molar-refractivity contribution in [1.29, 1.82) is 0 Å². The highest BCUT2D eigenvalue weighted by molar-refractivity contribution is 5.23. The van der Waals surface area contributed by atoms with Gasteiger partial charge in [0.1, 0.15) is 5.82 Å². The molecular formula is C16H20F2N6O2. The maximum Gasteiger partial charge on any atom is 0.351 e. The summed E-state index contributed by atoms with van der Waals surface area (Å²) in [7, 11) is 1.95. The van der Waals surface area contributed by atoms with Gasteiger partial charge in [-0.2, -0.15) is 4.98 Å². The first-order valence-electron chi connectivity index (χ1n) is 8.43. The molecule has 0 bridgehead atoms. The number of imidazole rings is 1. The Kier molecular flexibility index (Phi) is 4.03. The van der Waals surface area contributed by atoms with Crippen molar-refractivity contribution >= 4 is 5.82 Å². The number of rotatable bonds is 3. The average Bonchev–Trinajstić information content (AvgIpc) is 3.07. The van der Waals surface area contributed by atoms with Gasteiger partial charge in [0.2, 0.25) is 6.23 Å². The Morgan fingerprint density at radius 1 is 1.46 bits per heavy atom. The Labute approximate surface area is 148 Å². The van der Waals surface area contributed by atoms with Gasteiger partial charge in [-0.25, -0.2) is 18.6 Å². The van der Waals surface area contributed by atoms with Crippen molar-refractivity contribution in [2.75, 3.05) is 18.8 Å². The van der Waals surface area contributed by atoms with E-state index in [1.165, 1.54) is 18.0 Å². The predicted octanol–water partition coefficient (Wildman–Crippen LogP) is 0.540. The van der Waals surface area contributed by atoms with E-state index in [-0.39, 0.29) is 5.82 Å². The van der Waals surface area contributed by atoms with Gasteiger partial charge in [0.05, 0.1) is 18.1 Å². The number of hydrogen-bond acceptors (Lipinski definition) is 6. The lowest BCUT2D eigenvalue weighted by Crippen LogP contribution is -2.37. The SMILES string of the molecule is Cn1cnc2c1CCN(CC1CC(F)(F)[C@H](n3ccc(N)nc3=O)O1)C2. The molecule has 4 heterocycles. The van der Waals surface area contributed by atoms with E-state index >= 15 is 0 Å². The second-order valence-corrected chi connectivity index (χ2v) is 6.85. The van der Waals surface area contributed by atoms with E-state index in [0.29, 0.717) is 13.1 Å².